The highest BCUT2D eigenvalue weighted by Crippen LogP contribution is 2.29. The molecule has 0 fully saturated rings. The van der Waals surface area contributed by atoms with E-state index >= 15 is 0 Å². The lowest BCUT2D eigenvalue weighted by Gasteiger charge is -2.12. The molecule has 4 aromatic rings. The standard InChI is InChI=1S/C24H20F3N5O/c25-24(26,27)19-11-7-10-18(14-19)16-29-22-30-21(28-15-17-8-3-1-4-9-17)31-23(32-22)33-20-12-5-2-6-13-20/h1-14H,15-16H2,(H2,28,29,30,31,32). The zero-order chi connectivity index (χ0) is 23.1. The Labute approximate surface area is 188 Å². The van der Waals surface area contributed by atoms with Crippen LogP contribution in [-0.2, 0) is 19.3 Å². The molecule has 33 heavy (non-hydrogen) atoms. The minimum atomic E-state index is -4.41. The van der Waals surface area contributed by atoms with E-state index in [0.717, 1.165) is 17.7 Å². The first-order valence-electron chi connectivity index (χ1n) is 10.1. The van der Waals surface area contributed by atoms with E-state index in [1.54, 1.807) is 18.2 Å². The number of hydrogen-bond donors (Lipinski definition) is 2. The van der Waals surface area contributed by atoms with E-state index in [1.807, 2.05) is 48.5 Å². The second-order valence-electron chi connectivity index (χ2n) is 7.07. The maximum atomic E-state index is 13.0. The highest BCUT2D eigenvalue weighted by atomic mass is 19.4. The van der Waals surface area contributed by atoms with Gasteiger partial charge in [0.2, 0.25) is 11.9 Å². The Morgan fingerprint density at radius 3 is 1.88 bits per heavy atom. The lowest BCUT2D eigenvalue weighted by molar-refractivity contribution is -0.137. The van der Waals surface area contributed by atoms with Crippen LogP contribution in [0.15, 0.2) is 84.9 Å². The molecule has 0 saturated carbocycles. The molecule has 0 aliphatic rings. The second-order valence-corrected chi connectivity index (χ2v) is 7.07. The summed E-state index contributed by atoms with van der Waals surface area (Å²) in [6.07, 6.45) is -4.41. The van der Waals surface area contributed by atoms with Crippen LogP contribution < -0.4 is 15.4 Å². The van der Waals surface area contributed by atoms with Gasteiger partial charge in [-0.2, -0.15) is 28.1 Å². The highest BCUT2D eigenvalue weighted by Gasteiger charge is 2.30. The van der Waals surface area contributed by atoms with E-state index in [9.17, 15) is 13.2 Å². The van der Waals surface area contributed by atoms with Crippen LogP contribution in [0.3, 0.4) is 0 Å². The zero-order valence-electron chi connectivity index (χ0n) is 17.4. The molecular weight excluding hydrogens is 431 g/mol. The van der Waals surface area contributed by atoms with Gasteiger partial charge >= 0.3 is 12.2 Å². The summed E-state index contributed by atoms with van der Waals surface area (Å²) in [4.78, 5) is 12.9. The summed E-state index contributed by atoms with van der Waals surface area (Å²) in [5.41, 5.74) is 0.757. The van der Waals surface area contributed by atoms with Crippen molar-refractivity contribution in [3.8, 4) is 11.8 Å². The Balaban J connectivity index is 1.53. The number of nitrogens with zero attached hydrogens (tertiary/aromatic N) is 3. The average Bonchev–Trinajstić information content (AvgIpc) is 2.82. The van der Waals surface area contributed by atoms with E-state index in [-0.39, 0.29) is 24.5 Å². The van der Waals surface area contributed by atoms with Crippen molar-refractivity contribution < 1.29 is 17.9 Å². The van der Waals surface area contributed by atoms with Crippen LogP contribution in [0.5, 0.6) is 11.8 Å². The fourth-order valence-corrected chi connectivity index (χ4v) is 2.97. The molecule has 0 bridgehead atoms. The molecule has 9 heteroatoms. The number of aromatic nitrogens is 3. The van der Waals surface area contributed by atoms with Gasteiger partial charge in [0.05, 0.1) is 5.56 Å². The molecule has 1 heterocycles. The van der Waals surface area contributed by atoms with Gasteiger partial charge in [-0.15, -0.1) is 0 Å². The summed E-state index contributed by atoms with van der Waals surface area (Å²) in [5.74, 6) is 0.983. The molecule has 0 radical (unpaired) electrons. The number of ether oxygens (including phenoxy) is 1. The van der Waals surface area contributed by atoms with E-state index in [0.29, 0.717) is 17.9 Å². The Hall–Kier alpha value is -4.14. The first-order chi connectivity index (χ1) is 16.0. The van der Waals surface area contributed by atoms with Crippen LogP contribution >= 0.6 is 0 Å². The molecule has 0 spiro atoms. The second kappa shape index (κ2) is 9.99. The van der Waals surface area contributed by atoms with Crippen LogP contribution in [0.1, 0.15) is 16.7 Å². The van der Waals surface area contributed by atoms with Crippen molar-refractivity contribution in [3.63, 3.8) is 0 Å². The minimum absolute atomic E-state index is 0.0540. The summed E-state index contributed by atoms with van der Waals surface area (Å²) >= 11 is 0. The first-order valence-corrected chi connectivity index (χ1v) is 10.1. The number of nitrogens with one attached hydrogen (secondary N) is 2. The SMILES string of the molecule is FC(F)(F)c1cccc(CNc2nc(NCc3ccccc3)nc(Oc3ccccc3)n2)c1. The molecule has 3 aromatic carbocycles. The van der Waals surface area contributed by atoms with Crippen molar-refractivity contribution >= 4 is 11.9 Å². The van der Waals surface area contributed by atoms with Gasteiger partial charge in [-0.25, -0.2) is 0 Å². The Morgan fingerprint density at radius 1 is 0.667 bits per heavy atom. The molecule has 0 amide bonds. The summed E-state index contributed by atoms with van der Waals surface area (Å²) in [6.45, 7) is 0.569. The van der Waals surface area contributed by atoms with E-state index < -0.39 is 11.7 Å². The van der Waals surface area contributed by atoms with Crippen molar-refractivity contribution in [1.82, 2.24) is 15.0 Å². The molecule has 0 aliphatic carbocycles. The fourth-order valence-electron chi connectivity index (χ4n) is 2.97. The third-order valence-corrected chi connectivity index (χ3v) is 4.57. The van der Waals surface area contributed by atoms with Crippen molar-refractivity contribution in [1.29, 1.82) is 0 Å². The summed E-state index contributed by atoms with van der Waals surface area (Å²) in [5, 5.41) is 6.08. The summed E-state index contributed by atoms with van der Waals surface area (Å²) < 4.78 is 44.7. The largest absolute Gasteiger partial charge is 0.424 e. The van der Waals surface area contributed by atoms with Gasteiger partial charge in [0, 0.05) is 13.1 Å². The predicted octanol–water partition coefficient (Wildman–Crippen LogP) is 5.91. The van der Waals surface area contributed by atoms with Crippen LogP contribution in [0.25, 0.3) is 0 Å². The Kier molecular flexibility index (Phi) is 6.68. The molecule has 0 unspecified atom stereocenters. The summed E-state index contributed by atoms with van der Waals surface area (Å²) in [6, 6.07) is 23.8. The quantitative estimate of drug-likeness (QED) is 0.347. The highest BCUT2D eigenvalue weighted by molar-refractivity contribution is 5.39. The van der Waals surface area contributed by atoms with Crippen molar-refractivity contribution in [2.24, 2.45) is 0 Å². The topological polar surface area (TPSA) is 72.0 Å². The van der Waals surface area contributed by atoms with Crippen LogP contribution in [0, 0.1) is 0 Å². The van der Waals surface area contributed by atoms with E-state index in [4.69, 9.17) is 4.74 Å². The van der Waals surface area contributed by atoms with Gasteiger partial charge in [-0.3, -0.25) is 0 Å². The van der Waals surface area contributed by atoms with E-state index in [1.165, 1.54) is 6.07 Å². The molecule has 0 aliphatic heterocycles. The molecule has 6 nitrogen and oxygen atoms in total. The van der Waals surface area contributed by atoms with Crippen molar-refractivity contribution in [3.05, 3.63) is 102 Å². The maximum absolute atomic E-state index is 13.0. The normalized spacial score (nSPS) is 11.1. The van der Waals surface area contributed by atoms with Gasteiger partial charge in [-0.05, 0) is 35.4 Å². The average molecular weight is 451 g/mol. The fraction of sp³-hybridized carbons (Fsp3) is 0.125. The Morgan fingerprint density at radius 2 is 1.24 bits per heavy atom. The van der Waals surface area contributed by atoms with Gasteiger partial charge < -0.3 is 15.4 Å². The molecule has 1 aromatic heterocycles. The van der Waals surface area contributed by atoms with Crippen molar-refractivity contribution in [2.45, 2.75) is 19.3 Å². The van der Waals surface area contributed by atoms with E-state index in [2.05, 4.69) is 25.6 Å². The molecule has 2 N–H and O–H groups in total. The van der Waals surface area contributed by atoms with Gasteiger partial charge in [0.25, 0.3) is 0 Å². The van der Waals surface area contributed by atoms with Crippen molar-refractivity contribution in [2.75, 3.05) is 10.6 Å². The van der Waals surface area contributed by atoms with Gasteiger partial charge in [0.1, 0.15) is 5.75 Å². The van der Waals surface area contributed by atoms with Gasteiger partial charge in [-0.1, -0.05) is 60.7 Å². The Bertz CT molecular complexity index is 1190. The van der Waals surface area contributed by atoms with Crippen LogP contribution in [-0.4, -0.2) is 15.0 Å². The maximum Gasteiger partial charge on any atom is 0.416 e. The molecule has 0 atom stereocenters. The molecule has 4 rings (SSSR count). The third-order valence-electron chi connectivity index (χ3n) is 4.57. The number of alkyl halides is 3. The molecular formula is C24H20F3N5O. The van der Waals surface area contributed by atoms with Crippen LogP contribution in [0.4, 0.5) is 25.1 Å². The number of hydrogen-bond acceptors (Lipinski definition) is 6. The summed E-state index contributed by atoms with van der Waals surface area (Å²) in [7, 11) is 0. The predicted molar refractivity (Wildman–Crippen MR) is 119 cm³/mol. The molecule has 0 saturated heterocycles. The zero-order valence-corrected chi connectivity index (χ0v) is 17.4. The molecule has 168 valence electrons. The van der Waals surface area contributed by atoms with Gasteiger partial charge in [0.15, 0.2) is 0 Å². The number of halogens is 3. The lowest BCUT2D eigenvalue weighted by Crippen LogP contribution is -2.11. The number of benzene rings is 3. The minimum Gasteiger partial charge on any atom is -0.424 e. The number of anilines is 2. The first kappa shape index (κ1) is 22.1. The van der Waals surface area contributed by atoms with Crippen LogP contribution in [0.2, 0.25) is 0 Å². The smallest absolute Gasteiger partial charge is 0.416 e. The number of para-hydroxylation sites is 1. The number of rotatable bonds is 8. The third kappa shape index (κ3) is 6.42. The monoisotopic (exact) mass is 451 g/mol. The lowest BCUT2D eigenvalue weighted by atomic mass is 10.1.